The monoisotopic (exact) mass is 189 g/mol. The highest BCUT2D eigenvalue weighted by atomic mass is 16.1. The van der Waals surface area contributed by atoms with Crippen LogP contribution in [0.5, 0.6) is 0 Å². The number of aromatic nitrogens is 1. The van der Waals surface area contributed by atoms with Gasteiger partial charge in [0.15, 0.2) is 0 Å². The van der Waals surface area contributed by atoms with Gasteiger partial charge in [-0.05, 0) is 12.1 Å². The van der Waals surface area contributed by atoms with Crippen LogP contribution in [0.4, 0.5) is 5.82 Å². The van der Waals surface area contributed by atoms with Crippen molar-refractivity contribution >= 4 is 11.7 Å². The minimum Gasteiger partial charge on any atom is -0.311 e. The van der Waals surface area contributed by atoms with Gasteiger partial charge in [0, 0.05) is 25.5 Å². The second-order valence-corrected chi connectivity index (χ2v) is 2.85. The highest BCUT2D eigenvalue weighted by Crippen LogP contribution is 2.06. The fourth-order valence-electron chi connectivity index (χ4n) is 1.05. The molecule has 0 bridgehead atoms. The van der Waals surface area contributed by atoms with Gasteiger partial charge >= 0.3 is 0 Å². The quantitative estimate of drug-likeness (QED) is 0.783. The van der Waals surface area contributed by atoms with E-state index in [-0.39, 0.29) is 5.91 Å². The number of carbonyl (C=O) groups is 1. The van der Waals surface area contributed by atoms with Crippen LogP contribution in [0.25, 0.3) is 0 Å². The number of nitrogens with one attached hydrogen (secondary N) is 1. The van der Waals surface area contributed by atoms with Gasteiger partial charge in [-0.15, -0.1) is 0 Å². The van der Waals surface area contributed by atoms with Crippen molar-refractivity contribution in [2.24, 2.45) is 0 Å². The van der Waals surface area contributed by atoms with E-state index in [9.17, 15) is 4.79 Å². The molecule has 1 N–H and O–H groups in total. The molecule has 1 amide bonds. The Morgan fingerprint density at radius 3 is 3.07 bits per heavy atom. The Balaban J connectivity index is 2.69. The van der Waals surface area contributed by atoms with Crippen LogP contribution in [0.2, 0.25) is 0 Å². The normalized spacial score (nSPS) is 9.14. The Morgan fingerprint density at radius 1 is 1.64 bits per heavy atom. The molecule has 1 aromatic rings. The summed E-state index contributed by atoms with van der Waals surface area (Å²) in [5, 5.41) is 11.0. The van der Waals surface area contributed by atoms with E-state index in [1.807, 2.05) is 18.2 Å². The van der Waals surface area contributed by atoms with E-state index >= 15 is 0 Å². The highest BCUT2D eigenvalue weighted by Gasteiger charge is 1.98. The molecule has 0 unspecified atom stereocenters. The molecule has 0 fully saturated rings. The molecular formula is C10H11N3O. The van der Waals surface area contributed by atoms with Crippen molar-refractivity contribution < 1.29 is 4.79 Å². The van der Waals surface area contributed by atoms with E-state index in [4.69, 9.17) is 5.26 Å². The van der Waals surface area contributed by atoms with Crippen molar-refractivity contribution in [1.82, 2.24) is 4.98 Å². The van der Waals surface area contributed by atoms with E-state index < -0.39 is 0 Å². The number of hydrogen-bond acceptors (Lipinski definition) is 3. The lowest BCUT2D eigenvalue weighted by Crippen LogP contribution is -2.08. The first-order chi connectivity index (χ1) is 6.72. The maximum atomic E-state index is 10.7. The number of anilines is 1. The lowest BCUT2D eigenvalue weighted by atomic mass is 10.2. The molecule has 1 heterocycles. The van der Waals surface area contributed by atoms with Crippen LogP contribution < -0.4 is 5.32 Å². The Labute approximate surface area is 82.6 Å². The van der Waals surface area contributed by atoms with Gasteiger partial charge in [-0.25, -0.2) is 4.98 Å². The molecule has 0 aliphatic carbocycles. The summed E-state index contributed by atoms with van der Waals surface area (Å²) in [6.45, 7) is 1.43. The predicted octanol–water partition coefficient (Wildman–Crippen LogP) is 1.50. The fourth-order valence-corrected chi connectivity index (χ4v) is 1.05. The second kappa shape index (κ2) is 4.97. The van der Waals surface area contributed by atoms with Crippen LogP contribution in [-0.4, -0.2) is 10.9 Å². The van der Waals surface area contributed by atoms with E-state index in [1.54, 1.807) is 6.07 Å². The molecule has 0 atom stereocenters. The molecule has 72 valence electrons. The van der Waals surface area contributed by atoms with Crippen LogP contribution in [-0.2, 0) is 11.2 Å². The minimum absolute atomic E-state index is 0.144. The molecule has 0 saturated heterocycles. The molecular weight excluding hydrogens is 178 g/mol. The smallest absolute Gasteiger partial charge is 0.222 e. The zero-order chi connectivity index (χ0) is 10.4. The Hall–Kier alpha value is -1.89. The number of nitrogens with zero attached hydrogens (tertiary/aromatic N) is 2. The van der Waals surface area contributed by atoms with Crippen LogP contribution in [0.15, 0.2) is 18.2 Å². The molecule has 0 spiro atoms. The molecule has 4 nitrogen and oxygen atoms in total. The van der Waals surface area contributed by atoms with Crippen molar-refractivity contribution in [3.8, 4) is 6.07 Å². The third kappa shape index (κ3) is 3.23. The van der Waals surface area contributed by atoms with Crippen LogP contribution >= 0.6 is 0 Å². The van der Waals surface area contributed by atoms with E-state index in [0.717, 1.165) is 5.69 Å². The minimum atomic E-state index is -0.144. The van der Waals surface area contributed by atoms with Crippen LogP contribution in [0, 0.1) is 11.3 Å². The topological polar surface area (TPSA) is 65.8 Å². The van der Waals surface area contributed by atoms with Gasteiger partial charge in [0.25, 0.3) is 0 Å². The lowest BCUT2D eigenvalue weighted by molar-refractivity contribution is -0.114. The lowest BCUT2D eigenvalue weighted by Gasteiger charge is -2.02. The van der Waals surface area contributed by atoms with Crippen molar-refractivity contribution in [2.45, 2.75) is 19.8 Å². The summed E-state index contributed by atoms with van der Waals surface area (Å²) in [5.41, 5.74) is 0.817. The van der Waals surface area contributed by atoms with Crippen LogP contribution in [0.1, 0.15) is 19.0 Å². The van der Waals surface area contributed by atoms with Crippen LogP contribution in [0.3, 0.4) is 0 Å². The van der Waals surface area contributed by atoms with Gasteiger partial charge in [-0.2, -0.15) is 5.26 Å². The van der Waals surface area contributed by atoms with Crippen molar-refractivity contribution in [2.75, 3.05) is 5.32 Å². The first kappa shape index (κ1) is 10.2. The van der Waals surface area contributed by atoms with Gasteiger partial charge in [-0.3, -0.25) is 4.79 Å². The molecule has 1 aromatic heterocycles. The van der Waals surface area contributed by atoms with E-state index in [1.165, 1.54) is 6.92 Å². The molecule has 14 heavy (non-hydrogen) atoms. The predicted molar refractivity (Wildman–Crippen MR) is 52.5 cm³/mol. The third-order valence-corrected chi connectivity index (χ3v) is 1.60. The largest absolute Gasteiger partial charge is 0.311 e. The Morgan fingerprint density at radius 2 is 2.43 bits per heavy atom. The SMILES string of the molecule is CC(=O)Nc1cccc(CCC#N)n1. The number of nitriles is 1. The maximum absolute atomic E-state index is 10.7. The summed E-state index contributed by atoms with van der Waals surface area (Å²) in [5.74, 6) is 0.392. The summed E-state index contributed by atoms with van der Waals surface area (Å²) in [7, 11) is 0. The highest BCUT2D eigenvalue weighted by molar-refractivity contribution is 5.87. The summed E-state index contributed by atoms with van der Waals surface area (Å²) in [6.07, 6.45) is 1.06. The molecule has 0 aliphatic heterocycles. The van der Waals surface area contributed by atoms with Crippen molar-refractivity contribution in [3.63, 3.8) is 0 Å². The number of amides is 1. The van der Waals surface area contributed by atoms with Crippen molar-refractivity contribution in [1.29, 1.82) is 5.26 Å². The second-order valence-electron chi connectivity index (χ2n) is 2.85. The van der Waals surface area contributed by atoms with Gasteiger partial charge in [0.05, 0.1) is 6.07 Å². The zero-order valence-electron chi connectivity index (χ0n) is 7.95. The first-order valence-corrected chi connectivity index (χ1v) is 4.33. The molecule has 0 aliphatic rings. The van der Waals surface area contributed by atoms with Crippen molar-refractivity contribution in [3.05, 3.63) is 23.9 Å². The Bertz CT molecular complexity index is 368. The molecule has 0 saturated carbocycles. The Kier molecular flexibility index (Phi) is 3.62. The summed E-state index contributed by atoms with van der Waals surface area (Å²) in [6, 6.07) is 7.42. The molecule has 0 aromatic carbocycles. The number of aryl methyl sites for hydroxylation is 1. The number of pyridine rings is 1. The third-order valence-electron chi connectivity index (χ3n) is 1.60. The molecule has 1 rings (SSSR count). The summed E-state index contributed by atoms with van der Waals surface area (Å²) in [4.78, 5) is 14.9. The zero-order valence-corrected chi connectivity index (χ0v) is 7.95. The average molecular weight is 189 g/mol. The van der Waals surface area contributed by atoms with Gasteiger partial charge < -0.3 is 5.32 Å². The number of carbonyl (C=O) groups excluding carboxylic acids is 1. The summed E-state index contributed by atoms with van der Waals surface area (Å²) < 4.78 is 0. The van der Waals surface area contributed by atoms with Gasteiger partial charge in [-0.1, -0.05) is 6.07 Å². The standard InChI is InChI=1S/C10H11N3O/c1-8(14)12-10-6-2-4-9(13-10)5-3-7-11/h2,4,6H,3,5H2,1H3,(H,12,13,14). The maximum Gasteiger partial charge on any atom is 0.222 e. The number of hydrogen-bond donors (Lipinski definition) is 1. The van der Waals surface area contributed by atoms with Gasteiger partial charge in [0.1, 0.15) is 5.82 Å². The number of rotatable bonds is 3. The summed E-state index contributed by atoms with van der Waals surface area (Å²) >= 11 is 0. The van der Waals surface area contributed by atoms with E-state index in [0.29, 0.717) is 18.7 Å². The fraction of sp³-hybridized carbons (Fsp3) is 0.300. The van der Waals surface area contributed by atoms with Gasteiger partial charge in [0.2, 0.25) is 5.91 Å². The molecule has 4 heteroatoms. The van der Waals surface area contributed by atoms with E-state index in [2.05, 4.69) is 10.3 Å². The average Bonchev–Trinajstić information content (AvgIpc) is 2.14. The first-order valence-electron chi connectivity index (χ1n) is 4.33. The molecule has 0 radical (unpaired) electrons.